The molecule has 7 heteroatoms. The average molecular weight is 469 g/mol. The molecule has 3 aromatic carbocycles. The van der Waals surface area contributed by atoms with E-state index in [9.17, 15) is 0 Å². The smallest absolute Gasteiger partial charge is 0.210 e. The summed E-state index contributed by atoms with van der Waals surface area (Å²) in [6.45, 7) is 8.02. The van der Waals surface area contributed by atoms with Crippen molar-refractivity contribution >= 4 is 27.9 Å². The minimum absolute atomic E-state index is 0.0429. The number of unbranched alkanes of at least 4 members (excludes halogenated alkanes) is 1. The number of nitrogens with zero attached hydrogens (tertiary/aromatic N) is 1. The molecule has 1 aliphatic heterocycles. The van der Waals surface area contributed by atoms with E-state index >= 15 is 0 Å². The minimum atomic E-state index is -4.94. The lowest BCUT2D eigenvalue weighted by Gasteiger charge is -2.17. The quantitative estimate of drug-likeness (QED) is 0.556. The predicted molar refractivity (Wildman–Crippen MR) is 121 cm³/mol. The second kappa shape index (κ2) is 10.5. The van der Waals surface area contributed by atoms with Gasteiger partial charge in [-0.3, -0.25) is 0 Å². The van der Waals surface area contributed by atoms with Gasteiger partial charge in [0, 0.05) is 36.0 Å². The first kappa shape index (κ1) is 24.9. The van der Waals surface area contributed by atoms with Crippen LogP contribution in [0.3, 0.4) is 0 Å². The van der Waals surface area contributed by atoms with Gasteiger partial charge in [0.15, 0.2) is 5.71 Å². The molecule has 3 aromatic rings. The fourth-order valence-corrected chi connectivity index (χ4v) is 4.34. The van der Waals surface area contributed by atoms with E-state index in [-0.39, 0.29) is 5.41 Å². The van der Waals surface area contributed by atoms with E-state index < -0.39 is 10.2 Å². The predicted octanol–water partition coefficient (Wildman–Crippen LogP) is 1.89. The summed E-state index contributed by atoms with van der Waals surface area (Å²) in [6, 6.07) is 23.7. The van der Waals surface area contributed by atoms with E-state index in [2.05, 4.69) is 104 Å². The van der Waals surface area contributed by atoms with Gasteiger partial charge in [-0.1, -0.05) is 55.8 Å². The molecule has 1 N–H and O–H groups in total. The maximum atomic E-state index is 8.49. The Labute approximate surface area is 196 Å². The number of fused-ring (bicyclic) bond motifs is 3. The van der Waals surface area contributed by atoms with Crippen LogP contribution in [0.25, 0.3) is 10.8 Å². The molecule has 0 atom stereocenters. The molecule has 0 radical (unpaired) electrons. The zero-order chi connectivity index (χ0) is 24.1. The normalized spacial score (nSPS) is 14.9. The number of para-hydroxylation sites is 1. The van der Waals surface area contributed by atoms with Crippen LogP contribution >= 0.6 is 0 Å². The molecule has 33 heavy (non-hydrogen) atoms. The molecule has 0 spiro atoms. The molecule has 0 bridgehead atoms. The summed E-state index contributed by atoms with van der Waals surface area (Å²) in [5.74, 6) is 0. The molecule has 1 aliphatic rings. The molecule has 0 fully saturated rings. The number of hydrogen-bond acceptors (Lipinski definition) is 5. The summed E-state index contributed by atoms with van der Waals surface area (Å²) in [5.41, 5.74) is 5.23. The highest BCUT2D eigenvalue weighted by Gasteiger charge is 2.45. The first-order chi connectivity index (χ1) is 15.6. The Balaban J connectivity index is 0.000000555. The summed E-state index contributed by atoms with van der Waals surface area (Å²) in [4.78, 5) is 0. The Morgan fingerprint density at radius 3 is 2.21 bits per heavy atom. The zero-order valence-electron chi connectivity index (χ0n) is 19.1. The highest BCUT2D eigenvalue weighted by Crippen LogP contribution is 2.44. The van der Waals surface area contributed by atoms with Crippen molar-refractivity contribution < 1.29 is 33.5 Å². The number of hydrogen-bond donors (Lipinski definition) is 1. The molecule has 0 aromatic heterocycles. The molecular weight excluding hydrogens is 440 g/mol. The Morgan fingerprint density at radius 2 is 1.55 bits per heavy atom. The standard InChI is InChI=1S/C26H28N2.ClHO4/c1-4-5-19-28-23-16-15-20-11-9-10-14-22(20)25(23)26(2,3)24(28)17-18-27-21-12-7-6-8-13-21;2-1(3,4)5/h6-18H,4-5,19H2,1-3H3;(H,2,3,4,5). The summed E-state index contributed by atoms with van der Waals surface area (Å²) in [7, 11) is -4.94. The molecule has 0 saturated carbocycles. The van der Waals surface area contributed by atoms with Gasteiger partial charge in [0.05, 0.1) is 5.41 Å². The molecule has 0 unspecified atom stereocenters. The van der Waals surface area contributed by atoms with Crippen molar-refractivity contribution in [3.8, 4) is 0 Å². The van der Waals surface area contributed by atoms with Crippen LogP contribution in [0.5, 0.6) is 0 Å². The van der Waals surface area contributed by atoms with Gasteiger partial charge in [0.1, 0.15) is 6.54 Å². The van der Waals surface area contributed by atoms with Gasteiger partial charge in [-0.15, -0.1) is 10.2 Å². The molecule has 0 aliphatic carbocycles. The van der Waals surface area contributed by atoms with Gasteiger partial charge in [-0.05, 0) is 42.8 Å². The van der Waals surface area contributed by atoms with Crippen LogP contribution in [0.15, 0.2) is 79.0 Å². The van der Waals surface area contributed by atoms with Crippen molar-refractivity contribution in [1.29, 1.82) is 0 Å². The van der Waals surface area contributed by atoms with E-state index in [4.69, 9.17) is 18.6 Å². The lowest BCUT2D eigenvalue weighted by atomic mass is 9.79. The van der Waals surface area contributed by atoms with E-state index in [0.29, 0.717) is 0 Å². The number of anilines is 1. The molecule has 1 heterocycles. The molecule has 6 nitrogen and oxygen atoms in total. The molecule has 174 valence electrons. The highest BCUT2D eigenvalue weighted by atomic mass is 35.7. The maximum absolute atomic E-state index is 8.49. The van der Waals surface area contributed by atoms with Crippen LogP contribution in [-0.2, 0) is 5.41 Å². The van der Waals surface area contributed by atoms with Gasteiger partial charge in [0.25, 0.3) is 0 Å². The minimum Gasteiger partial charge on any atom is -0.361 e. The summed E-state index contributed by atoms with van der Waals surface area (Å²) in [6.07, 6.45) is 6.72. The van der Waals surface area contributed by atoms with Crippen LogP contribution in [0.4, 0.5) is 11.4 Å². The van der Waals surface area contributed by atoms with Crippen LogP contribution < -0.4 is 24.0 Å². The number of benzene rings is 3. The number of rotatable bonds is 6. The number of allylic oxidation sites excluding steroid dienone is 1. The fraction of sp³-hybridized carbons (Fsp3) is 0.269. The van der Waals surface area contributed by atoms with Crippen molar-refractivity contribution in [2.45, 2.75) is 39.0 Å². The monoisotopic (exact) mass is 468 g/mol. The highest BCUT2D eigenvalue weighted by molar-refractivity contribution is 6.07. The van der Waals surface area contributed by atoms with E-state index in [1.54, 1.807) is 0 Å². The molecule has 0 amide bonds. The van der Waals surface area contributed by atoms with Gasteiger partial charge >= 0.3 is 0 Å². The van der Waals surface area contributed by atoms with E-state index in [0.717, 1.165) is 12.2 Å². The lowest BCUT2D eigenvalue weighted by Crippen LogP contribution is -2.68. The largest absolute Gasteiger partial charge is 0.361 e. The van der Waals surface area contributed by atoms with Gasteiger partial charge < -0.3 is 5.32 Å². The van der Waals surface area contributed by atoms with Crippen molar-refractivity contribution in [2.75, 3.05) is 11.9 Å². The van der Waals surface area contributed by atoms with Crippen molar-refractivity contribution in [2.24, 2.45) is 0 Å². The fourth-order valence-electron chi connectivity index (χ4n) is 4.34. The van der Waals surface area contributed by atoms with Gasteiger partial charge in [-0.25, -0.2) is 18.6 Å². The first-order valence-electron chi connectivity index (χ1n) is 10.9. The summed E-state index contributed by atoms with van der Waals surface area (Å²) in [5, 5.41) is 6.11. The third-order valence-electron chi connectivity index (χ3n) is 5.75. The summed E-state index contributed by atoms with van der Waals surface area (Å²) >= 11 is 0. The average Bonchev–Trinajstić information content (AvgIpc) is 2.98. The number of nitrogens with one attached hydrogen (secondary N) is 1. The third-order valence-corrected chi connectivity index (χ3v) is 5.75. The maximum Gasteiger partial charge on any atom is 0.210 e. The molecule has 0 saturated heterocycles. The van der Waals surface area contributed by atoms with Crippen molar-refractivity contribution in [3.63, 3.8) is 0 Å². The molecular formula is C26H29ClN2O4. The van der Waals surface area contributed by atoms with Crippen LogP contribution in [0.1, 0.15) is 39.2 Å². The topological polar surface area (TPSA) is 107 Å². The summed E-state index contributed by atoms with van der Waals surface area (Å²) < 4.78 is 36.5. The Bertz CT molecular complexity index is 1150. The van der Waals surface area contributed by atoms with Crippen LogP contribution in [0, 0.1) is 10.2 Å². The Kier molecular flexibility index (Phi) is 7.89. The van der Waals surface area contributed by atoms with Crippen LogP contribution in [0.2, 0.25) is 0 Å². The van der Waals surface area contributed by atoms with Gasteiger partial charge in [-0.2, -0.15) is 4.58 Å². The second-order valence-corrected chi connectivity index (χ2v) is 9.17. The number of halogens is 1. The zero-order valence-corrected chi connectivity index (χ0v) is 19.8. The van der Waals surface area contributed by atoms with E-state index in [1.807, 2.05) is 6.07 Å². The van der Waals surface area contributed by atoms with Crippen molar-refractivity contribution in [3.05, 3.63) is 84.6 Å². The Morgan fingerprint density at radius 1 is 0.909 bits per heavy atom. The van der Waals surface area contributed by atoms with Crippen molar-refractivity contribution in [1.82, 2.24) is 0 Å². The molecule has 4 rings (SSSR count). The third kappa shape index (κ3) is 6.19. The first-order valence-corrected chi connectivity index (χ1v) is 12.1. The van der Waals surface area contributed by atoms with Gasteiger partial charge in [0.2, 0.25) is 5.69 Å². The lowest BCUT2D eigenvalue weighted by molar-refractivity contribution is -2.00. The van der Waals surface area contributed by atoms with Crippen LogP contribution in [-0.4, -0.2) is 16.8 Å². The van der Waals surface area contributed by atoms with E-state index in [1.165, 1.54) is 40.6 Å². The second-order valence-electron chi connectivity index (χ2n) is 8.42. The SMILES string of the molecule is CCCC[N+]1=C(/C=C/Nc2ccccc2)C(C)(C)c2c1ccc1ccccc21.[O-][Cl+3]([O-])([O-])[O-]. The Hall–Kier alpha value is -2.74.